The van der Waals surface area contributed by atoms with Gasteiger partial charge in [0, 0.05) is 25.8 Å². The average Bonchev–Trinajstić information content (AvgIpc) is 2.39. The van der Waals surface area contributed by atoms with Crippen LogP contribution in [0.4, 0.5) is 5.82 Å². The van der Waals surface area contributed by atoms with Gasteiger partial charge in [-0.25, -0.2) is 4.98 Å². The minimum Gasteiger partial charge on any atom is -0.357 e. The quantitative estimate of drug-likeness (QED) is 0.886. The predicted molar refractivity (Wildman–Crippen MR) is 76.8 cm³/mol. The lowest BCUT2D eigenvalue weighted by molar-refractivity contribution is 0.310. The number of nitrogens with one attached hydrogen (secondary N) is 1. The second kappa shape index (κ2) is 6.19. The number of hydrogen-bond acceptors (Lipinski definition) is 3. The fourth-order valence-corrected chi connectivity index (χ4v) is 2.74. The summed E-state index contributed by atoms with van der Waals surface area (Å²) in [7, 11) is 1.98. The van der Waals surface area contributed by atoms with E-state index in [0.29, 0.717) is 0 Å². The molecule has 18 heavy (non-hydrogen) atoms. The highest BCUT2D eigenvalue weighted by Gasteiger charge is 2.22. The molecule has 3 heteroatoms. The van der Waals surface area contributed by atoms with E-state index >= 15 is 0 Å². The molecule has 1 aliphatic rings. The lowest BCUT2D eigenvalue weighted by Gasteiger charge is -2.34. The number of nitrogens with zero attached hydrogens (tertiary/aromatic N) is 2. The minimum atomic E-state index is 0.815. The van der Waals surface area contributed by atoms with Crippen molar-refractivity contribution in [3.05, 3.63) is 23.9 Å². The van der Waals surface area contributed by atoms with Gasteiger partial charge in [-0.2, -0.15) is 0 Å². The molecular weight excluding hydrogens is 222 g/mol. The van der Waals surface area contributed by atoms with Crippen molar-refractivity contribution >= 4 is 5.82 Å². The zero-order valence-corrected chi connectivity index (χ0v) is 11.8. The van der Waals surface area contributed by atoms with Crippen LogP contribution in [-0.2, 0) is 6.54 Å². The molecule has 1 aromatic heterocycles. The molecule has 0 saturated carbocycles. The maximum absolute atomic E-state index is 4.51. The summed E-state index contributed by atoms with van der Waals surface area (Å²) in [6, 6.07) is 4.30. The second-order valence-electron chi connectivity index (χ2n) is 5.62. The van der Waals surface area contributed by atoms with Gasteiger partial charge >= 0.3 is 0 Å². The zero-order valence-electron chi connectivity index (χ0n) is 11.8. The maximum atomic E-state index is 4.51. The summed E-state index contributed by atoms with van der Waals surface area (Å²) in [4.78, 5) is 6.94. The van der Waals surface area contributed by atoms with Crippen molar-refractivity contribution in [1.29, 1.82) is 0 Å². The van der Waals surface area contributed by atoms with E-state index in [4.69, 9.17) is 0 Å². The Morgan fingerprint density at radius 2 is 2.11 bits per heavy atom. The van der Waals surface area contributed by atoms with Gasteiger partial charge in [0.2, 0.25) is 0 Å². The Hall–Kier alpha value is -1.09. The molecule has 0 aromatic carbocycles. The number of rotatable bonds is 4. The third kappa shape index (κ3) is 3.22. The molecule has 3 nitrogen and oxygen atoms in total. The molecule has 1 fully saturated rings. The fraction of sp³-hybridized carbons (Fsp3) is 0.667. The molecule has 1 aromatic rings. The maximum Gasteiger partial charge on any atom is 0.128 e. The van der Waals surface area contributed by atoms with Crippen molar-refractivity contribution < 1.29 is 0 Å². The summed E-state index contributed by atoms with van der Waals surface area (Å²) in [5, 5.41) is 3.19. The molecule has 0 aliphatic carbocycles. The minimum absolute atomic E-state index is 0.815. The van der Waals surface area contributed by atoms with Crippen molar-refractivity contribution in [3.8, 4) is 0 Å². The van der Waals surface area contributed by atoms with Crippen LogP contribution in [-0.4, -0.2) is 25.1 Å². The van der Waals surface area contributed by atoms with Gasteiger partial charge in [0.25, 0.3) is 0 Å². The van der Waals surface area contributed by atoms with E-state index in [9.17, 15) is 0 Å². The first-order chi connectivity index (χ1) is 8.70. The molecular formula is C15H25N3. The van der Waals surface area contributed by atoms with Gasteiger partial charge in [-0.3, -0.25) is 0 Å². The molecule has 0 spiro atoms. The zero-order chi connectivity index (χ0) is 13.0. The molecule has 0 unspecified atom stereocenters. The van der Waals surface area contributed by atoms with Crippen molar-refractivity contribution in [1.82, 2.24) is 10.3 Å². The van der Waals surface area contributed by atoms with Crippen molar-refractivity contribution in [3.63, 3.8) is 0 Å². The molecule has 2 heterocycles. The Bertz CT molecular complexity index is 368. The molecule has 0 bridgehead atoms. The molecule has 1 saturated heterocycles. The third-order valence-electron chi connectivity index (χ3n) is 4.00. The molecule has 1 N–H and O–H groups in total. The Kier molecular flexibility index (Phi) is 4.59. The Morgan fingerprint density at radius 3 is 2.72 bits per heavy atom. The number of pyridine rings is 1. The van der Waals surface area contributed by atoms with E-state index in [1.165, 1.54) is 18.4 Å². The van der Waals surface area contributed by atoms with E-state index in [1.54, 1.807) is 0 Å². The van der Waals surface area contributed by atoms with Gasteiger partial charge in [0.15, 0.2) is 0 Å². The van der Waals surface area contributed by atoms with E-state index in [1.807, 2.05) is 13.2 Å². The molecule has 0 radical (unpaired) electrons. The van der Waals surface area contributed by atoms with Crippen LogP contribution in [0.25, 0.3) is 0 Å². The van der Waals surface area contributed by atoms with Crippen LogP contribution in [0.2, 0.25) is 0 Å². The lowest BCUT2D eigenvalue weighted by atomic mass is 9.87. The van der Waals surface area contributed by atoms with Gasteiger partial charge in [0.05, 0.1) is 0 Å². The number of hydrogen-bond donors (Lipinski definition) is 1. The van der Waals surface area contributed by atoms with E-state index < -0.39 is 0 Å². The summed E-state index contributed by atoms with van der Waals surface area (Å²) in [6.07, 6.45) is 4.53. The summed E-state index contributed by atoms with van der Waals surface area (Å²) in [5.74, 6) is 2.85. The highest BCUT2D eigenvalue weighted by atomic mass is 15.2. The lowest BCUT2D eigenvalue weighted by Crippen LogP contribution is -2.35. The first kappa shape index (κ1) is 13.3. The summed E-state index contributed by atoms with van der Waals surface area (Å²) >= 11 is 0. The molecule has 2 rings (SSSR count). The standard InChI is InChI=1S/C15H25N3/c1-12(2)14-5-8-18(9-6-14)15-10-13(11-16-3)4-7-17-15/h4,7,10,12,14,16H,5-6,8-9,11H2,1-3H3. The van der Waals surface area contributed by atoms with Gasteiger partial charge in [-0.15, -0.1) is 0 Å². The van der Waals surface area contributed by atoms with Gasteiger partial charge in [-0.05, 0) is 49.4 Å². The van der Waals surface area contributed by atoms with Crippen LogP contribution in [0, 0.1) is 11.8 Å². The van der Waals surface area contributed by atoms with Gasteiger partial charge < -0.3 is 10.2 Å². The fourth-order valence-electron chi connectivity index (χ4n) is 2.74. The van der Waals surface area contributed by atoms with E-state index in [2.05, 4.69) is 41.2 Å². The number of anilines is 1. The topological polar surface area (TPSA) is 28.2 Å². The van der Waals surface area contributed by atoms with Crippen LogP contribution in [0.5, 0.6) is 0 Å². The molecule has 1 aliphatic heterocycles. The number of piperidine rings is 1. The summed E-state index contributed by atoms with van der Waals surface area (Å²) in [5.41, 5.74) is 1.31. The molecule has 0 atom stereocenters. The molecule has 100 valence electrons. The highest BCUT2D eigenvalue weighted by molar-refractivity contribution is 5.41. The van der Waals surface area contributed by atoms with Crippen molar-refractivity contribution in [2.45, 2.75) is 33.2 Å². The Morgan fingerprint density at radius 1 is 1.39 bits per heavy atom. The average molecular weight is 247 g/mol. The van der Waals surface area contributed by atoms with Crippen LogP contribution < -0.4 is 10.2 Å². The number of aromatic nitrogens is 1. The van der Waals surface area contributed by atoms with Gasteiger partial charge in [0.1, 0.15) is 5.82 Å². The summed E-state index contributed by atoms with van der Waals surface area (Å²) < 4.78 is 0. The first-order valence-corrected chi connectivity index (χ1v) is 7.05. The van der Waals surface area contributed by atoms with Gasteiger partial charge in [-0.1, -0.05) is 13.8 Å². The molecule has 0 amide bonds. The van der Waals surface area contributed by atoms with Crippen LogP contribution >= 0.6 is 0 Å². The van der Waals surface area contributed by atoms with E-state index in [-0.39, 0.29) is 0 Å². The highest BCUT2D eigenvalue weighted by Crippen LogP contribution is 2.27. The Balaban J connectivity index is 1.98. The predicted octanol–water partition coefficient (Wildman–Crippen LogP) is 2.67. The van der Waals surface area contributed by atoms with Crippen molar-refractivity contribution in [2.24, 2.45) is 11.8 Å². The monoisotopic (exact) mass is 247 g/mol. The second-order valence-corrected chi connectivity index (χ2v) is 5.62. The van der Waals surface area contributed by atoms with Crippen LogP contribution in [0.1, 0.15) is 32.3 Å². The SMILES string of the molecule is CNCc1ccnc(N2CCC(C(C)C)CC2)c1. The van der Waals surface area contributed by atoms with E-state index in [0.717, 1.165) is 37.3 Å². The van der Waals surface area contributed by atoms with Crippen LogP contribution in [0.3, 0.4) is 0 Å². The third-order valence-corrected chi connectivity index (χ3v) is 4.00. The van der Waals surface area contributed by atoms with Crippen molar-refractivity contribution in [2.75, 3.05) is 25.0 Å². The largest absolute Gasteiger partial charge is 0.357 e. The first-order valence-electron chi connectivity index (χ1n) is 7.05. The van der Waals surface area contributed by atoms with Crippen LogP contribution in [0.15, 0.2) is 18.3 Å². The summed E-state index contributed by atoms with van der Waals surface area (Å²) in [6.45, 7) is 7.90. The Labute approximate surface area is 111 Å². The normalized spacial score (nSPS) is 17.4. The smallest absolute Gasteiger partial charge is 0.128 e.